The fraction of sp³-hybridized carbons (Fsp3) is 0.316. The maximum atomic E-state index is 5.76. The lowest BCUT2D eigenvalue weighted by Crippen LogP contribution is -2.05. The maximum Gasteiger partial charge on any atom is 0.214 e. The van der Waals surface area contributed by atoms with Crippen LogP contribution in [0.1, 0.15) is 30.5 Å². The van der Waals surface area contributed by atoms with E-state index in [4.69, 9.17) is 4.74 Å². The smallest absolute Gasteiger partial charge is 0.214 e. The largest absolute Gasteiger partial charge is 0.491 e. The van der Waals surface area contributed by atoms with Crippen LogP contribution in [0.5, 0.6) is 5.75 Å². The van der Waals surface area contributed by atoms with Crippen LogP contribution in [0.3, 0.4) is 0 Å². The van der Waals surface area contributed by atoms with Crippen LogP contribution in [0.4, 0.5) is 0 Å². The molecule has 0 amide bonds. The molecule has 0 saturated carbocycles. The second kappa shape index (κ2) is 7.70. The molecule has 3 rings (SSSR count). The Bertz CT molecular complexity index is 860. The van der Waals surface area contributed by atoms with Crippen LogP contribution in [-0.4, -0.2) is 26.3 Å². The number of nitrogens with zero attached hydrogens (tertiary/aromatic N) is 4. The summed E-state index contributed by atoms with van der Waals surface area (Å²) in [5, 5.41) is 13.0. The Kier molecular flexibility index (Phi) is 5.38. The van der Waals surface area contributed by atoms with Gasteiger partial charge in [0.25, 0.3) is 0 Å². The van der Waals surface area contributed by atoms with E-state index >= 15 is 0 Å². The van der Waals surface area contributed by atoms with Gasteiger partial charge in [0.1, 0.15) is 5.75 Å². The lowest BCUT2D eigenvalue weighted by atomic mass is 10.1. The molecule has 0 unspecified atom stereocenters. The molecule has 0 atom stereocenters. The first-order chi connectivity index (χ1) is 12.0. The quantitative estimate of drug-likeness (QED) is 0.616. The molecule has 0 bridgehead atoms. The minimum atomic E-state index is 0.166. The summed E-state index contributed by atoms with van der Waals surface area (Å²) in [5.41, 5.74) is 4.61. The number of aryl methyl sites for hydroxylation is 1. The van der Waals surface area contributed by atoms with Gasteiger partial charge in [-0.2, -0.15) is 4.68 Å². The molecule has 6 heteroatoms. The Labute approximate surface area is 152 Å². The Morgan fingerprint density at radius 3 is 2.72 bits per heavy atom. The van der Waals surface area contributed by atoms with Gasteiger partial charge in [-0.05, 0) is 73.0 Å². The van der Waals surface area contributed by atoms with Gasteiger partial charge in [-0.1, -0.05) is 36.0 Å². The molecule has 1 aromatic heterocycles. The molecule has 0 N–H and O–H groups in total. The predicted molar refractivity (Wildman–Crippen MR) is 100 cm³/mol. The van der Waals surface area contributed by atoms with Crippen LogP contribution in [0.15, 0.2) is 47.6 Å². The fourth-order valence-electron chi connectivity index (χ4n) is 2.51. The zero-order chi connectivity index (χ0) is 17.8. The van der Waals surface area contributed by atoms with Gasteiger partial charge in [-0.25, -0.2) is 0 Å². The average Bonchev–Trinajstić information content (AvgIpc) is 3.03. The lowest BCUT2D eigenvalue weighted by Gasteiger charge is -2.11. The van der Waals surface area contributed by atoms with E-state index in [0.29, 0.717) is 0 Å². The van der Waals surface area contributed by atoms with Crippen molar-refractivity contribution in [3.8, 4) is 11.4 Å². The van der Waals surface area contributed by atoms with Gasteiger partial charge >= 0.3 is 0 Å². The first-order valence-corrected chi connectivity index (χ1v) is 9.26. The van der Waals surface area contributed by atoms with E-state index in [1.165, 1.54) is 16.7 Å². The molecule has 1 heterocycles. The fourth-order valence-corrected chi connectivity index (χ4v) is 3.34. The van der Waals surface area contributed by atoms with E-state index in [-0.39, 0.29) is 6.10 Å². The van der Waals surface area contributed by atoms with Gasteiger partial charge in [0.2, 0.25) is 5.16 Å². The predicted octanol–water partition coefficient (Wildman–Crippen LogP) is 4.36. The van der Waals surface area contributed by atoms with Crippen molar-refractivity contribution in [1.29, 1.82) is 0 Å². The van der Waals surface area contributed by atoms with Crippen molar-refractivity contribution >= 4 is 11.8 Å². The van der Waals surface area contributed by atoms with Gasteiger partial charge in [-0.15, -0.1) is 5.10 Å². The molecule has 0 aliphatic heterocycles. The summed E-state index contributed by atoms with van der Waals surface area (Å²) < 4.78 is 7.57. The molecular formula is C19H22N4OS. The highest BCUT2D eigenvalue weighted by atomic mass is 32.2. The minimum Gasteiger partial charge on any atom is -0.491 e. The molecular weight excluding hydrogens is 332 g/mol. The van der Waals surface area contributed by atoms with Crippen LogP contribution >= 0.6 is 11.8 Å². The topological polar surface area (TPSA) is 52.8 Å². The summed E-state index contributed by atoms with van der Waals surface area (Å²) in [7, 11) is 0. The maximum absolute atomic E-state index is 5.76. The Morgan fingerprint density at radius 1 is 1.12 bits per heavy atom. The minimum absolute atomic E-state index is 0.166. The lowest BCUT2D eigenvalue weighted by molar-refractivity contribution is 0.242. The van der Waals surface area contributed by atoms with E-state index in [9.17, 15) is 0 Å². The van der Waals surface area contributed by atoms with E-state index in [0.717, 1.165) is 22.3 Å². The normalized spacial score (nSPS) is 11.1. The second-order valence-electron chi connectivity index (χ2n) is 6.19. The Balaban J connectivity index is 1.77. The van der Waals surface area contributed by atoms with Gasteiger partial charge in [0.15, 0.2) is 0 Å². The summed E-state index contributed by atoms with van der Waals surface area (Å²) >= 11 is 1.62. The molecule has 0 saturated heterocycles. The third-order valence-corrected chi connectivity index (χ3v) is 4.87. The van der Waals surface area contributed by atoms with Crippen LogP contribution < -0.4 is 4.74 Å². The molecule has 0 spiro atoms. The van der Waals surface area contributed by atoms with Gasteiger partial charge in [0, 0.05) is 5.75 Å². The summed E-state index contributed by atoms with van der Waals surface area (Å²) in [4.78, 5) is 0. The van der Waals surface area contributed by atoms with Crippen molar-refractivity contribution in [2.75, 3.05) is 0 Å². The first kappa shape index (κ1) is 17.5. The van der Waals surface area contributed by atoms with Crippen molar-refractivity contribution in [3.05, 3.63) is 59.2 Å². The van der Waals surface area contributed by atoms with Crippen LogP contribution in [0.25, 0.3) is 5.69 Å². The zero-order valence-corrected chi connectivity index (χ0v) is 15.7. The first-order valence-electron chi connectivity index (χ1n) is 8.28. The molecule has 0 fully saturated rings. The van der Waals surface area contributed by atoms with Gasteiger partial charge < -0.3 is 4.74 Å². The third kappa shape index (κ3) is 4.20. The number of hydrogen-bond acceptors (Lipinski definition) is 5. The highest BCUT2D eigenvalue weighted by Crippen LogP contribution is 2.26. The van der Waals surface area contributed by atoms with E-state index in [1.807, 2.05) is 42.8 Å². The highest BCUT2D eigenvalue weighted by molar-refractivity contribution is 7.98. The molecule has 0 radical (unpaired) electrons. The molecule has 0 aliphatic rings. The monoisotopic (exact) mass is 354 g/mol. The molecule has 0 aliphatic carbocycles. The molecule has 3 aromatic rings. The van der Waals surface area contributed by atoms with Crippen molar-refractivity contribution in [1.82, 2.24) is 20.2 Å². The number of hydrogen-bond donors (Lipinski definition) is 0. The van der Waals surface area contributed by atoms with Crippen molar-refractivity contribution < 1.29 is 4.74 Å². The van der Waals surface area contributed by atoms with Crippen molar-refractivity contribution in [2.24, 2.45) is 0 Å². The highest BCUT2D eigenvalue weighted by Gasteiger charge is 2.12. The molecule has 130 valence electrons. The molecule has 2 aromatic carbocycles. The number of aromatic nitrogens is 4. The molecule has 25 heavy (non-hydrogen) atoms. The second-order valence-corrected chi connectivity index (χ2v) is 7.14. The van der Waals surface area contributed by atoms with E-state index < -0.39 is 0 Å². The van der Waals surface area contributed by atoms with Crippen molar-refractivity contribution in [2.45, 2.75) is 44.7 Å². The van der Waals surface area contributed by atoms with Gasteiger partial charge in [-0.3, -0.25) is 0 Å². The van der Waals surface area contributed by atoms with Crippen molar-refractivity contribution in [3.63, 3.8) is 0 Å². The number of rotatable bonds is 6. The standard InChI is InChI=1S/C19H22N4OS/c1-13(2)24-17-9-6-8-16(11-17)12-25-19-20-21-22-23(19)18-10-5-7-14(3)15(18)4/h5-11,13H,12H2,1-4H3. The average molecular weight is 354 g/mol. The third-order valence-electron chi connectivity index (χ3n) is 3.88. The van der Waals surface area contributed by atoms with E-state index in [2.05, 4.69) is 47.6 Å². The summed E-state index contributed by atoms with van der Waals surface area (Å²) in [5.74, 6) is 1.67. The van der Waals surface area contributed by atoms with Gasteiger partial charge in [0.05, 0.1) is 11.8 Å². The SMILES string of the molecule is Cc1cccc(-n2nnnc2SCc2cccc(OC(C)C)c2)c1C. The zero-order valence-electron chi connectivity index (χ0n) is 14.9. The Morgan fingerprint density at radius 2 is 1.92 bits per heavy atom. The van der Waals surface area contributed by atoms with Crippen LogP contribution in [0.2, 0.25) is 0 Å². The number of benzene rings is 2. The summed E-state index contributed by atoms with van der Waals surface area (Å²) in [6, 6.07) is 14.3. The Hall–Kier alpha value is -2.34. The number of thioether (sulfide) groups is 1. The number of ether oxygens (including phenoxy) is 1. The van der Waals surface area contributed by atoms with E-state index in [1.54, 1.807) is 11.8 Å². The number of tetrazole rings is 1. The molecule has 5 nitrogen and oxygen atoms in total. The van der Waals surface area contributed by atoms with Crippen LogP contribution in [-0.2, 0) is 5.75 Å². The summed E-state index contributed by atoms with van der Waals surface area (Å²) in [6.07, 6.45) is 0.166. The summed E-state index contributed by atoms with van der Waals surface area (Å²) in [6.45, 7) is 8.24. The van der Waals surface area contributed by atoms with Crippen LogP contribution in [0, 0.1) is 13.8 Å².